The van der Waals surface area contributed by atoms with Crippen LogP contribution in [-0.2, 0) is 0 Å². The highest BCUT2D eigenvalue weighted by Crippen LogP contribution is 2.15. The van der Waals surface area contributed by atoms with E-state index in [4.69, 9.17) is 5.73 Å². The SMILES string of the molecule is CC(N)C(O)c1ncnn1C(C)C. The van der Waals surface area contributed by atoms with Crippen molar-refractivity contribution in [1.82, 2.24) is 14.8 Å². The molecule has 13 heavy (non-hydrogen) atoms. The van der Waals surface area contributed by atoms with Crippen LogP contribution in [0.3, 0.4) is 0 Å². The lowest BCUT2D eigenvalue weighted by Crippen LogP contribution is -2.27. The fraction of sp³-hybridized carbons (Fsp3) is 0.750. The van der Waals surface area contributed by atoms with Gasteiger partial charge >= 0.3 is 0 Å². The minimum absolute atomic E-state index is 0.186. The molecule has 1 rings (SSSR count). The summed E-state index contributed by atoms with van der Waals surface area (Å²) >= 11 is 0. The van der Waals surface area contributed by atoms with Gasteiger partial charge in [-0.2, -0.15) is 5.10 Å². The second-order valence-corrected chi connectivity index (χ2v) is 3.46. The van der Waals surface area contributed by atoms with Gasteiger partial charge in [-0.05, 0) is 20.8 Å². The van der Waals surface area contributed by atoms with E-state index in [-0.39, 0.29) is 12.1 Å². The second kappa shape index (κ2) is 3.85. The zero-order valence-corrected chi connectivity index (χ0v) is 8.18. The summed E-state index contributed by atoms with van der Waals surface area (Å²) in [6.07, 6.45) is 0.686. The van der Waals surface area contributed by atoms with E-state index in [2.05, 4.69) is 10.1 Å². The van der Waals surface area contributed by atoms with Crippen LogP contribution in [0.2, 0.25) is 0 Å². The van der Waals surface area contributed by atoms with Crippen molar-refractivity contribution in [2.24, 2.45) is 5.73 Å². The molecule has 0 saturated heterocycles. The Labute approximate surface area is 77.6 Å². The molecule has 0 amide bonds. The molecule has 0 aromatic carbocycles. The average molecular weight is 184 g/mol. The standard InChI is InChI=1S/C8H16N4O/c1-5(2)12-8(10-4-11-12)7(13)6(3)9/h4-7,13H,9H2,1-3H3. The predicted octanol–water partition coefficient (Wildman–Crippen LogP) is 0.240. The maximum absolute atomic E-state index is 9.67. The van der Waals surface area contributed by atoms with E-state index >= 15 is 0 Å². The summed E-state index contributed by atoms with van der Waals surface area (Å²) in [5.74, 6) is 0.532. The lowest BCUT2D eigenvalue weighted by Gasteiger charge is -2.16. The third-order valence-corrected chi connectivity index (χ3v) is 1.85. The van der Waals surface area contributed by atoms with E-state index in [1.165, 1.54) is 6.33 Å². The maximum Gasteiger partial charge on any atom is 0.157 e. The van der Waals surface area contributed by atoms with Crippen LogP contribution in [0.1, 0.15) is 38.7 Å². The zero-order valence-electron chi connectivity index (χ0n) is 8.18. The monoisotopic (exact) mass is 184 g/mol. The van der Waals surface area contributed by atoms with E-state index < -0.39 is 6.10 Å². The van der Waals surface area contributed by atoms with Crippen LogP contribution >= 0.6 is 0 Å². The molecule has 2 atom stereocenters. The summed E-state index contributed by atoms with van der Waals surface area (Å²) in [6, 6.07) is -0.146. The number of aliphatic hydroxyl groups is 1. The highest BCUT2D eigenvalue weighted by molar-refractivity contribution is 4.94. The van der Waals surface area contributed by atoms with E-state index in [1.54, 1.807) is 11.6 Å². The summed E-state index contributed by atoms with van der Waals surface area (Å²) < 4.78 is 1.67. The van der Waals surface area contributed by atoms with E-state index in [0.717, 1.165) is 0 Å². The molecule has 0 spiro atoms. The number of hydrogen-bond acceptors (Lipinski definition) is 4. The molecule has 5 heteroatoms. The van der Waals surface area contributed by atoms with Crippen LogP contribution < -0.4 is 5.73 Å². The van der Waals surface area contributed by atoms with Crippen molar-refractivity contribution in [3.05, 3.63) is 12.2 Å². The number of hydrogen-bond donors (Lipinski definition) is 2. The fourth-order valence-corrected chi connectivity index (χ4v) is 1.10. The average Bonchev–Trinajstić information content (AvgIpc) is 2.50. The van der Waals surface area contributed by atoms with Crippen molar-refractivity contribution in [2.45, 2.75) is 39.0 Å². The Morgan fingerprint density at radius 1 is 1.46 bits per heavy atom. The molecular formula is C8H16N4O. The van der Waals surface area contributed by atoms with Crippen molar-refractivity contribution in [1.29, 1.82) is 0 Å². The van der Waals surface area contributed by atoms with Gasteiger partial charge in [-0.25, -0.2) is 9.67 Å². The van der Waals surface area contributed by atoms with Gasteiger partial charge in [0.1, 0.15) is 12.4 Å². The van der Waals surface area contributed by atoms with Crippen molar-refractivity contribution < 1.29 is 5.11 Å². The third-order valence-electron chi connectivity index (χ3n) is 1.85. The largest absolute Gasteiger partial charge is 0.383 e. The Morgan fingerprint density at radius 3 is 2.54 bits per heavy atom. The minimum atomic E-state index is -0.745. The van der Waals surface area contributed by atoms with Gasteiger partial charge in [0.15, 0.2) is 5.82 Å². The minimum Gasteiger partial charge on any atom is -0.383 e. The number of nitrogens with zero attached hydrogens (tertiary/aromatic N) is 3. The van der Waals surface area contributed by atoms with Gasteiger partial charge in [0, 0.05) is 12.1 Å². The molecule has 1 aromatic heterocycles. The number of rotatable bonds is 3. The van der Waals surface area contributed by atoms with Gasteiger partial charge in [-0.1, -0.05) is 0 Å². The first kappa shape index (κ1) is 10.1. The Hall–Kier alpha value is -0.940. The Bertz CT molecular complexity index is 269. The van der Waals surface area contributed by atoms with Crippen molar-refractivity contribution in [3.63, 3.8) is 0 Å². The second-order valence-electron chi connectivity index (χ2n) is 3.46. The van der Waals surface area contributed by atoms with E-state index in [1.807, 2.05) is 13.8 Å². The Morgan fingerprint density at radius 2 is 2.08 bits per heavy atom. The lowest BCUT2D eigenvalue weighted by molar-refractivity contribution is 0.136. The highest BCUT2D eigenvalue weighted by atomic mass is 16.3. The van der Waals surface area contributed by atoms with Crippen molar-refractivity contribution >= 4 is 0 Å². The third kappa shape index (κ3) is 2.05. The van der Waals surface area contributed by atoms with Crippen LogP contribution in [0.15, 0.2) is 6.33 Å². The molecule has 2 unspecified atom stereocenters. The molecule has 0 saturated carbocycles. The van der Waals surface area contributed by atoms with Crippen LogP contribution in [0.25, 0.3) is 0 Å². The van der Waals surface area contributed by atoms with Gasteiger partial charge in [0.25, 0.3) is 0 Å². The smallest absolute Gasteiger partial charge is 0.157 e. The van der Waals surface area contributed by atoms with E-state index in [0.29, 0.717) is 5.82 Å². The summed E-state index contributed by atoms with van der Waals surface area (Å²) in [4.78, 5) is 3.98. The topological polar surface area (TPSA) is 77.0 Å². The number of nitrogens with two attached hydrogens (primary N) is 1. The van der Waals surface area contributed by atoms with Gasteiger partial charge in [-0.15, -0.1) is 0 Å². The molecule has 3 N–H and O–H groups in total. The molecule has 0 aliphatic carbocycles. The molecule has 1 heterocycles. The number of aliphatic hydroxyl groups excluding tert-OH is 1. The molecule has 74 valence electrons. The summed E-state index contributed by atoms with van der Waals surface area (Å²) in [7, 11) is 0. The van der Waals surface area contributed by atoms with Crippen LogP contribution in [0.5, 0.6) is 0 Å². The molecule has 5 nitrogen and oxygen atoms in total. The van der Waals surface area contributed by atoms with Gasteiger partial charge < -0.3 is 10.8 Å². The fourth-order valence-electron chi connectivity index (χ4n) is 1.10. The Kier molecular flexibility index (Phi) is 3.00. The molecule has 0 radical (unpaired) electrons. The Balaban J connectivity index is 2.93. The van der Waals surface area contributed by atoms with Gasteiger partial charge in [0.05, 0.1) is 0 Å². The molecule has 0 bridgehead atoms. The first-order valence-corrected chi connectivity index (χ1v) is 4.37. The molecule has 0 aliphatic heterocycles. The zero-order chi connectivity index (χ0) is 10.0. The normalized spacial score (nSPS) is 16.2. The van der Waals surface area contributed by atoms with Crippen LogP contribution in [0.4, 0.5) is 0 Å². The predicted molar refractivity (Wildman–Crippen MR) is 49.0 cm³/mol. The summed E-state index contributed by atoms with van der Waals surface area (Å²) in [5.41, 5.74) is 5.57. The molecule has 0 aliphatic rings. The summed E-state index contributed by atoms with van der Waals surface area (Å²) in [5, 5.41) is 13.7. The maximum atomic E-state index is 9.67. The van der Waals surface area contributed by atoms with Crippen LogP contribution in [0, 0.1) is 0 Å². The molecule has 0 fully saturated rings. The van der Waals surface area contributed by atoms with Crippen LogP contribution in [-0.4, -0.2) is 25.9 Å². The first-order valence-electron chi connectivity index (χ1n) is 4.37. The molecule has 1 aromatic rings. The van der Waals surface area contributed by atoms with Gasteiger partial charge in [0.2, 0.25) is 0 Å². The highest BCUT2D eigenvalue weighted by Gasteiger charge is 2.19. The quantitative estimate of drug-likeness (QED) is 0.705. The van der Waals surface area contributed by atoms with E-state index in [9.17, 15) is 5.11 Å². The van der Waals surface area contributed by atoms with Crippen molar-refractivity contribution in [3.8, 4) is 0 Å². The van der Waals surface area contributed by atoms with Gasteiger partial charge in [-0.3, -0.25) is 0 Å². The first-order chi connectivity index (χ1) is 6.04. The number of aromatic nitrogens is 3. The summed E-state index contributed by atoms with van der Waals surface area (Å²) in [6.45, 7) is 5.70. The molecular weight excluding hydrogens is 168 g/mol. The lowest BCUT2D eigenvalue weighted by atomic mass is 10.2. The van der Waals surface area contributed by atoms with Crippen molar-refractivity contribution in [2.75, 3.05) is 0 Å².